The second-order valence-corrected chi connectivity index (χ2v) is 10.9. The molecule has 9 rings (SSSR count). The first-order valence-electron chi connectivity index (χ1n) is 14.3. The molecule has 0 aliphatic heterocycles. The van der Waals surface area contributed by atoms with E-state index in [1.54, 1.807) is 0 Å². The maximum absolute atomic E-state index is 4.50. The molecule has 0 N–H and O–H groups in total. The van der Waals surface area contributed by atoms with E-state index in [1.165, 1.54) is 65.8 Å². The van der Waals surface area contributed by atoms with Crippen molar-refractivity contribution < 1.29 is 0 Å². The molecule has 0 amide bonds. The van der Waals surface area contributed by atoms with Gasteiger partial charge in [-0.2, -0.15) is 0 Å². The lowest BCUT2D eigenvalue weighted by atomic mass is 10.00. The Morgan fingerprint density at radius 3 is 1.74 bits per heavy atom. The van der Waals surface area contributed by atoms with E-state index in [-0.39, 0.29) is 0 Å². The Kier molecular flexibility index (Phi) is 4.90. The van der Waals surface area contributed by atoms with Crippen LogP contribution in [0.5, 0.6) is 0 Å². The van der Waals surface area contributed by atoms with Crippen LogP contribution in [-0.4, -0.2) is 14.1 Å². The number of rotatable bonds is 3. The number of fused-ring (bicyclic) bond motifs is 8. The van der Waals surface area contributed by atoms with Crippen molar-refractivity contribution in [2.24, 2.45) is 0 Å². The summed E-state index contributed by atoms with van der Waals surface area (Å²) in [6, 6.07) is 50.3. The highest BCUT2D eigenvalue weighted by atomic mass is 15.0. The smallest absolute Gasteiger partial charge is 0.0634 e. The normalized spacial score (nSPS) is 11.8. The molecule has 6 aromatic carbocycles. The van der Waals surface area contributed by atoms with E-state index >= 15 is 0 Å². The van der Waals surface area contributed by atoms with Gasteiger partial charge < -0.3 is 9.13 Å². The minimum atomic E-state index is 1.15. The molecule has 0 saturated carbocycles. The first-order chi connectivity index (χ1) is 20.8. The summed E-state index contributed by atoms with van der Waals surface area (Å²) in [5.41, 5.74) is 9.57. The zero-order valence-corrected chi connectivity index (χ0v) is 22.8. The van der Waals surface area contributed by atoms with Gasteiger partial charge in [0.05, 0.1) is 22.1 Å². The van der Waals surface area contributed by atoms with E-state index in [4.69, 9.17) is 0 Å². The third kappa shape index (κ3) is 3.31. The van der Waals surface area contributed by atoms with Crippen molar-refractivity contribution in [1.29, 1.82) is 0 Å². The average molecular weight is 536 g/mol. The monoisotopic (exact) mass is 535 g/mol. The molecule has 0 aliphatic rings. The summed E-state index contributed by atoms with van der Waals surface area (Å²) in [5.74, 6) is 0. The lowest BCUT2D eigenvalue weighted by Crippen LogP contribution is -1.94. The van der Waals surface area contributed by atoms with Gasteiger partial charge in [-0.15, -0.1) is 0 Å². The number of hydrogen-bond acceptors (Lipinski definition) is 1. The van der Waals surface area contributed by atoms with E-state index in [9.17, 15) is 0 Å². The van der Waals surface area contributed by atoms with Gasteiger partial charge in [-0.3, -0.25) is 4.98 Å². The van der Waals surface area contributed by atoms with E-state index in [2.05, 4.69) is 154 Å². The second-order valence-electron chi connectivity index (χ2n) is 10.9. The summed E-state index contributed by atoms with van der Waals surface area (Å²) in [6.07, 6.45) is 3.86. The van der Waals surface area contributed by atoms with Crippen molar-refractivity contribution in [2.45, 2.75) is 0 Å². The Labute approximate surface area is 242 Å². The third-order valence-electron chi connectivity index (χ3n) is 8.58. The molecule has 3 heteroatoms. The van der Waals surface area contributed by atoms with Crippen molar-refractivity contribution in [3.63, 3.8) is 0 Å². The predicted molar refractivity (Wildman–Crippen MR) is 176 cm³/mol. The van der Waals surface area contributed by atoms with Gasteiger partial charge in [-0.05, 0) is 77.2 Å². The van der Waals surface area contributed by atoms with Crippen molar-refractivity contribution in [2.75, 3.05) is 0 Å². The molecule has 3 nitrogen and oxygen atoms in total. The van der Waals surface area contributed by atoms with Crippen LogP contribution >= 0.6 is 0 Å². The highest BCUT2D eigenvalue weighted by molar-refractivity contribution is 6.19. The number of benzene rings is 6. The Hall–Kier alpha value is -5.67. The van der Waals surface area contributed by atoms with Crippen molar-refractivity contribution in [1.82, 2.24) is 14.1 Å². The summed E-state index contributed by atoms with van der Waals surface area (Å²) >= 11 is 0. The van der Waals surface area contributed by atoms with Gasteiger partial charge in [0, 0.05) is 50.7 Å². The van der Waals surface area contributed by atoms with Crippen molar-refractivity contribution >= 4 is 54.4 Å². The summed E-state index contributed by atoms with van der Waals surface area (Å²) in [5, 5.41) is 7.35. The Morgan fingerprint density at radius 1 is 0.405 bits per heavy atom. The van der Waals surface area contributed by atoms with E-state index < -0.39 is 0 Å². The van der Waals surface area contributed by atoms with Gasteiger partial charge in [0.2, 0.25) is 0 Å². The number of para-hydroxylation sites is 3. The molecule has 3 aromatic heterocycles. The lowest BCUT2D eigenvalue weighted by molar-refractivity contribution is 1.18. The van der Waals surface area contributed by atoms with Gasteiger partial charge in [-0.1, -0.05) is 78.9 Å². The molecule has 0 aliphatic carbocycles. The van der Waals surface area contributed by atoms with Crippen molar-refractivity contribution in [3.05, 3.63) is 152 Å². The van der Waals surface area contributed by atoms with Crippen LogP contribution in [-0.2, 0) is 0 Å². The third-order valence-corrected chi connectivity index (χ3v) is 8.58. The van der Waals surface area contributed by atoms with Crippen LogP contribution in [0.3, 0.4) is 0 Å². The second kappa shape index (κ2) is 8.92. The molecular weight excluding hydrogens is 510 g/mol. The Balaban J connectivity index is 1.31. The average Bonchev–Trinajstić information content (AvgIpc) is 3.58. The lowest BCUT2D eigenvalue weighted by Gasteiger charge is -2.10. The van der Waals surface area contributed by atoms with E-state index in [1.807, 2.05) is 12.4 Å². The molecule has 0 atom stereocenters. The number of pyridine rings is 1. The van der Waals surface area contributed by atoms with E-state index in [0.29, 0.717) is 0 Å². The molecule has 0 spiro atoms. The van der Waals surface area contributed by atoms with Gasteiger partial charge in [0.15, 0.2) is 0 Å². The maximum atomic E-state index is 4.50. The van der Waals surface area contributed by atoms with Gasteiger partial charge in [-0.25, -0.2) is 0 Å². The number of hydrogen-bond donors (Lipinski definition) is 0. The molecule has 0 unspecified atom stereocenters. The highest BCUT2D eigenvalue weighted by Crippen LogP contribution is 2.39. The van der Waals surface area contributed by atoms with Crippen LogP contribution in [0.25, 0.3) is 76.9 Å². The molecular formula is C39H25N3. The molecule has 196 valence electrons. The standard InChI is InChI=1S/C39H25N3/c1-3-9-29(10-4-1)41-36-14-8-7-13-31(36)33-23-27(16-19-37(33)41)28-17-20-38-34(24-28)32-18-15-26-21-22-40-25-35(26)39(32)42(38)30-11-5-2-6-12-30/h1-25H. The topological polar surface area (TPSA) is 22.8 Å². The zero-order valence-electron chi connectivity index (χ0n) is 22.8. The summed E-state index contributed by atoms with van der Waals surface area (Å²) in [7, 11) is 0. The molecule has 0 fully saturated rings. The molecule has 3 heterocycles. The Bertz CT molecular complexity index is 2450. The van der Waals surface area contributed by atoms with Crippen LogP contribution < -0.4 is 0 Å². The maximum Gasteiger partial charge on any atom is 0.0634 e. The highest BCUT2D eigenvalue weighted by Gasteiger charge is 2.17. The van der Waals surface area contributed by atoms with Crippen LogP contribution in [0.15, 0.2) is 152 Å². The molecule has 0 saturated heterocycles. The van der Waals surface area contributed by atoms with Crippen LogP contribution in [0.1, 0.15) is 0 Å². The van der Waals surface area contributed by atoms with E-state index in [0.717, 1.165) is 11.1 Å². The minimum Gasteiger partial charge on any atom is -0.309 e. The summed E-state index contributed by atoms with van der Waals surface area (Å²) in [4.78, 5) is 4.50. The summed E-state index contributed by atoms with van der Waals surface area (Å²) in [6.45, 7) is 0. The fraction of sp³-hybridized carbons (Fsp3) is 0. The zero-order chi connectivity index (χ0) is 27.6. The minimum absolute atomic E-state index is 1.15. The molecule has 0 bridgehead atoms. The van der Waals surface area contributed by atoms with Crippen molar-refractivity contribution in [3.8, 4) is 22.5 Å². The van der Waals surface area contributed by atoms with Gasteiger partial charge >= 0.3 is 0 Å². The first kappa shape index (κ1) is 23.1. The molecule has 42 heavy (non-hydrogen) atoms. The first-order valence-corrected chi connectivity index (χ1v) is 14.3. The fourth-order valence-corrected chi connectivity index (χ4v) is 6.70. The van der Waals surface area contributed by atoms with Crippen LogP contribution in [0.4, 0.5) is 0 Å². The van der Waals surface area contributed by atoms with Gasteiger partial charge in [0.1, 0.15) is 0 Å². The number of nitrogens with zero attached hydrogens (tertiary/aromatic N) is 3. The van der Waals surface area contributed by atoms with Gasteiger partial charge in [0.25, 0.3) is 0 Å². The summed E-state index contributed by atoms with van der Waals surface area (Å²) < 4.78 is 4.75. The van der Waals surface area contributed by atoms with Crippen LogP contribution in [0, 0.1) is 0 Å². The quantitative estimate of drug-likeness (QED) is 0.221. The fourth-order valence-electron chi connectivity index (χ4n) is 6.70. The largest absolute Gasteiger partial charge is 0.309 e. The number of aromatic nitrogens is 3. The molecule has 0 radical (unpaired) electrons. The predicted octanol–water partition coefficient (Wildman–Crippen LogP) is 10.1. The Morgan fingerprint density at radius 2 is 1.00 bits per heavy atom. The van der Waals surface area contributed by atoms with Crippen LogP contribution in [0.2, 0.25) is 0 Å². The SMILES string of the molecule is c1ccc(-n2c3ccccc3c3cc(-c4ccc5c(c4)c4ccc6ccncc6c4n5-c4ccccc4)ccc32)cc1. The molecule has 9 aromatic rings.